The lowest BCUT2D eigenvalue weighted by molar-refractivity contribution is -0.141. The minimum absolute atomic E-state index is 0.0351. The number of amides is 1. The molecule has 3 atom stereocenters. The predicted molar refractivity (Wildman–Crippen MR) is 100 cm³/mol. The van der Waals surface area contributed by atoms with Gasteiger partial charge in [0.05, 0.1) is 13.0 Å². The summed E-state index contributed by atoms with van der Waals surface area (Å²) in [6.07, 6.45) is 0.152. The number of benzene rings is 1. The summed E-state index contributed by atoms with van der Waals surface area (Å²) in [6.45, 7) is 5.51. The van der Waals surface area contributed by atoms with Crippen LogP contribution in [0, 0.1) is 5.92 Å². The van der Waals surface area contributed by atoms with Crippen LogP contribution in [-0.4, -0.2) is 47.5 Å². The largest absolute Gasteiger partial charge is 0.496 e. The summed E-state index contributed by atoms with van der Waals surface area (Å²) in [4.78, 5) is 37.1. The molecule has 1 amide bonds. The quantitative estimate of drug-likeness (QED) is 0.576. The predicted octanol–water partition coefficient (Wildman–Crippen LogP) is 3.45. The molecule has 1 fully saturated rings. The zero-order valence-electron chi connectivity index (χ0n) is 15.6. The Kier molecular flexibility index (Phi) is 7.08. The first-order valence-electron chi connectivity index (χ1n) is 8.62. The molecule has 2 unspecified atom stereocenters. The molecule has 1 aliphatic rings. The van der Waals surface area contributed by atoms with Crippen LogP contribution in [0.3, 0.4) is 0 Å². The molecule has 0 saturated carbocycles. The fraction of sp³-hybridized carbons (Fsp3) is 0.526. The van der Waals surface area contributed by atoms with Crippen molar-refractivity contribution >= 4 is 28.9 Å². The number of nitrogens with zero attached hydrogens (tertiary/aromatic N) is 1. The molecule has 7 heteroatoms. The van der Waals surface area contributed by atoms with E-state index in [2.05, 4.69) is 0 Å². The third-order valence-electron chi connectivity index (χ3n) is 4.51. The minimum Gasteiger partial charge on any atom is -0.496 e. The molecule has 0 spiro atoms. The van der Waals surface area contributed by atoms with Gasteiger partial charge in [0.2, 0.25) is 0 Å². The van der Waals surface area contributed by atoms with E-state index in [0.717, 1.165) is 29.5 Å². The number of hydrogen-bond acceptors (Lipinski definition) is 6. The normalized spacial score (nSPS) is 20.5. The van der Waals surface area contributed by atoms with Crippen molar-refractivity contribution in [3.8, 4) is 5.75 Å². The zero-order valence-corrected chi connectivity index (χ0v) is 16.4. The number of esters is 1. The molecular formula is C19H25NO5S. The number of hydrogen-bond donors (Lipinski definition) is 0. The number of carbonyl (C=O) groups excluding carboxylic acids is 3. The van der Waals surface area contributed by atoms with Crippen molar-refractivity contribution < 1.29 is 23.9 Å². The van der Waals surface area contributed by atoms with Gasteiger partial charge in [-0.2, -0.15) is 0 Å². The Bertz CT molecular complexity index is 678. The van der Waals surface area contributed by atoms with Crippen LogP contribution in [0.1, 0.15) is 38.7 Å². The number of para-hydroxylation sites is 1. The second kappa shape index (κ2) is 9.07. The molecule has 0 radical (unpaired) electrons. The van der Waals surface area contributed by atoms with Gasteiger partial charge >= 0.3 is 12.1 Å². The van der Waals surface area contributed by atoms with Gasteiger partial charge in [-0.1, -0.05) is 36.9 Å². The highest BCUT2D eigenvalue weighted by atomic mass is 32.2. The molecule has 26 heavy (non-hydrogen) atoms. The van der Waals surface area contributed by atoms with Crippen molar-refractivity contribution in [1.82, 2.24) is 4.90 Å². The summed E-state index contributed by atoms with van der Waals surface area (Å²) in [7, 11) is 1.63. The molecule has 1 heterocycles. The summed E-state index contributed by atoms with van der Waals surface area (Å²) in [5.74, 6) is 0.119. The van der Waals surface area contributed by atoms with Crippen molar-refractivity contribution in [2.75, 3.05) is 19.4 Å². The van der Waals surface area contributed by atoms with E-state index in [-0.39, 0.29) is 17.1 Å². The van der Waals surface area contributed by atoms with Crippen molar-refractivity contribution in [1.29, 1.82) is 0 Å². The highest BCUT2D eigenvalue weighted by molar-refractivity contribution is 8.13. The Balaban J connectivity index is 1.97. The van der Waals surface area contributed by atoms with Crippen LogP contribution in [0.25, 0.3) is 0 Å². The van der Waals surface area contributed by atoms with Crippen LogP contribution in [0.15, 0.2) is 24.3 Å². The molecule has 0 aromatic heterocycles. The maximum Gasteiger partial charge on any atom is 0.417 e. The Morgan fingerprint density at radius 1 is 1.31 bits per heavy atom. The fourth-order valence-corrected chi connectivity index (χ4v) is 3.69. The number of methoxy groups -OCH3 is 1. The van der Waals surface area contributed by atoms with Crippen LogP contribution < -0.4 is 4.74 Å². The molecule has 142 valence electrons. The Hall–Kier alpha value is -2.02. The van der Waals surface area contributed by atoms with E-state index in [1.54, 1.807) is 18.9 Å². The van der Waals surface area contributed by atoms with Crippen molar-refractivity contribution in [2.45, 2.75) is 39.2 Å². The number of ether oxygens (including phenoxy) is 2. The van der Waals surface area contributed by atoms with E-state index in [1.807, 2.05) is 31.2 Å². The van der Waals surface area contributed by atoms with Gasteiger partial charge in [-0.25, -0.2) is 4.79 Å². The van der Waals surface area contributed by atoms with Gasteiger partial charge in [-0.15, -0.1) is 0 Å². The summed E-state index contributed by atoms with van der Waals surface area (Å²) >= 11 is 1.05. The SMILES string of the molecule is COc1ccccc1[C@H]1CC(C)N(C(=O)OC(=O)C(C)CSC(C)=O)C1. The van der Waals surface area contributed by atoms with E-state index in [9.17, 15) is 14.4 Å². The monoisotopic (exact) mass is 379 g/mol. The van der Waals surface area contributed by atoms with E-state index in [0.29, 0.717) is 12.3 Å². The van der Waals surface area contributed by atoms with Crippen LogP contribution in [-0.2, 0) is 14.3 Å². The highest BCUT2D eigenvalue weighted by Gasteiger charge is 2.36. The third-order valence-corrected chi connectivity index (χ3v) is 5.59. The van der Waals surface area contributed by atoms with Gasteiger partial charge in [0.1, 0.15) is 5.75 Å². The number of likely N-dealkylation sites (tertiary alicyclic amines) is 1. The number of carbonyl (C=O) groups is 3. The standard InChI is InChI=1S/C19H25NO5S/c1-12(11-26-14(3)21)18(22)25-19(23)20-10-15(9-13(20)2)16-7-5-6-8-17(16)24-4/h5-8,12-13,15H,9-11H2,1-4H3/t12?,13?,15-/m0/s1. The lowest BCUT2D eigenvalue weighted by Gasteiger charge is -2.21. The minimum atomic E-state index is -0.625. The molecule has 0 aliphatic carbocycles. The summed E-state index contributed by atoms with van der Waals surface area (Å²) < 4.78 is 10.4. The summed E-state index contributed by atoms with van der Waals surface area (Å²) in [6, 6.07) is 7.72. The first kappa shape index (κ1) is 20.3. The van der Waals surface area contributed by atoms with E-state index in [4.69, 9.17) is 9.47 Å². The van der Waals surface area contributed by atoms with Gasteiger partial charge in [-0.05, 0) is 25.0 Å². The van der Waals surface area contributed by atoms with Gasteiger partial charge in [0, 0.05) is 31.2 Å². The molecule has 6 nitrogen and oxygen atoms in total. The van der Waals surface area contributed by atoms with E-state index < -0.39 is 18.0 Å². The maximum absolute atomic E-state index is 12.4. The molecule has 1 aromatic rings. The molecule has 2 rings (SSSR count). The first-order valence-corrected chi connectivity index (χ1v) is 9.60. The molecule has 0 bridgehead atoms. The Morgan fingerprint density at radius 3 is 2.65 bits per heavy atom. The number of rotatable bonds is 5. The van der Waals surface area contributed by atoms with Crippen LogP contribution in [0.2, 0.25) is 0 Å². The molecule has 0 N–H and O–H groups in total. The zero-order chi connectivity index (χ0) is 19.3. The molecule has 1 saturated heterocycles. The maximum atomic E-state index is 12.4. The van der Waals surface area contributed by atoms with Crippen molar-refractivity contribution in [2.24, 2.45) is 5.92 Å². The fourth-order valence-electron chi connectivity index (χ4n) is 3.07. The van der Waals surface area contributed by atoms with Crippen LogP contribution >= 0.6 is 11.8 Å². The van der Waals surface area contributed by atoms with Gasteiger partial charge in [0.15, 0.2) is 5.12 Å². The molecular weight excluding hydrogens is 354 g/mol. The lowest BCUT2D eigenvalue weighted by Crippen LogP contribution is -2.37. The Morgan fingerprint density at radius 2 is 2.00 bits per heavy atom. The highest BCUT2D eigenvalue weighted by Crippen LogP contribution is 2.36. The molecule has 1 aliphatic heterocycles. The van der Waals surface area contributed by atoms with Crippen LogP contribution in [0.4, 0.5) is 4.79 Å². The van der Waals surface area contributed by atoms with Crippen molar-refractivity contribution in [3.05, 3.63) is 29.8 Å². The Labute approximate surface area is 158 Å². The van der Waals surface area contributed by atoms with Gasteiger partial charge in [-0.3, -0.25) is 9.59 Å². The van der Waals surface area contributed by atoms with Crippen molar-refractivity contribution in [3.63, 3.8) is 0 Å². The van der Waals surface area contributed by atoms with Gasteiger partial charge < -0.3 is 14.4 Å². The number of thioether (sulfide) groups is 1. The van der Waals surface area contributed by atoms with Crippen LogP contribution in [0.5, 0.6) is 5.75 Å². The topological polar surface area (TPSA) is 72.9 Å². The second-order valence-electron chi connectivity index (χ2n) is 6.57. The average Bonchev–Trinajstić information content (AvgIpc) is 3.01. The first-order chi connectivity index (χ1) is 12.3. The summed E-state index contributed by atoms with van der Waals surface area (Å²) in [5.41, 5.74) is 1.05. The van der Waals surface area contributed by atoms with Gasteiger partial charge in [0.25, 0.3) is 0 Å². The average molecular weight is 379 g/mol. The molecule has 1 aromatic carbocycles. The second-order valence-corrected chi connectivity index (χ2v) is 7.76. The smallest absolute Gasteiger partial charge is 0.417 e. The third kappa shape index (κ3) is 5.00. The lowest BCUT2D eigenvalue weighted by atomic mass is 9.96. The summed E-state index contributed by atoms with van der Waals surface area (Å²) in [5, 5.41) is -0.0659. The van der Waals surface area contributed by atoms with E-state index in [1.165, 1.54) is 6.92 Å². The van der Waals surface area contributed by atoms with E-state index >= 15 is 0 Å².